The van der Waals surface area contributed by atoms with E-state index in [2.05, 4.69) is 0 Å². The van der Waals surface area contributed by atoms with Gasteiger partial charge in [-0.1, -0.05) is 29.8 Å². The average Bonchev–Trinajstić information content (AvgIpc) is 3.68. The minimum Gasteiger partial charge on any atom is -0.491 e. The first kappa shape index (κ1) is 25.3. The number of benzene rings is 2. The molecule has 0 amide bonds. The van der Waals surface area contributed by atoms with Gasteiger partial charge in [-0.25, -0.2) is 0 Å². The smallest absolute Gasteiger partial charge is 0.224 e. The topological polar surface area (TPSA) is 118 Å². The van der Waals surface area contributed by atoms with Crippen molar-refractivity contribution in [2.75, 3.05) is 26.9 Å². The first-order chi connectivity index (χ1) is 16.4. The van der Waals surface area contributed by atoms with Crippen molar-refractivity contribution in [1.29, 1.82) is 0 Å². The zero-order valence-corrected chi connectivity index (χ0v) is 19.7. The van der Waals surface area contributed by atoms with E-state index in [0.29, 0.717) is 36.3 Å². The molecule has 8 nitrogen and oxygen atoms in total. The summed E-state index contributed by atoms with van der Waals surface area (Å²) in [6.07, 6.45) is -2.60. The summed E-state index contributed by atoms with van der Waals surface area (Å²) in [6, 6.07) is 12.7. The van der Waals surface area contributed by atoms with E-state index in [1.807, 2.05) is 24.3 Å². The predicted octanol–water partition coefficient (Wildman–Crippen LogP) is 1.76. The van der Waals surface area contributed by atoms with E-state index in [-0.39, 0.29) is 0 Å². The van der Waals surface area contributed by atoms with E-state index in [1.165, 1.54) is 7.11 Å². The van der Waals surface area contributed by atoms with E-state index >= 15 is 0 Å². The molecule has 0 radical (unpaired) electrons. The quantitative estimate of drug-likeness (QED) is 0.369. The number of hydrogen-bond acceptors (Lipinski definition) is 8. The summed E-state index contributed by atoms with van der Waals surface area (Å²) >= 11 is 6.45. The van der Waals surface area contributed by atoms with E-state index in [0.717, 1.165) is 29.7 Å². The van der Waals surface area contributed by atoms with Crippen LogP contribution in [0.3, 0.4) is 0 Å². The Bertz CT molecular complexity index is 948. The molecule has 4 N–H and O–H groups in total. The maximum absolute atomic E-state index is 10.7. The Labute approximate surface area is 203 Å². The zero-order chi connectivity index (χ0) is 24.3. The van der Waals surface area contributed by atoms with Gasteiger partial charge in [0.05, 0.1) is 19.3 Å². The lowest BCUT2D eigenvalue weighted by molar-refractivity contribution is -0.366. The van der Waals surface area contributed by atoms with Crippen LogP contribution in [0.25, 0.3) is 0 Å². The molecule has 5 atom stereocenters. The van der Waals surface area contributed by atoms with Gasteiger partial charge in [0.1, 0.15) is 36.8 Å². The number of aliphatic hydroxyl groups excluding tert-OH is 4. The van der Waals surface area contributed by atoms with E-state index < -0.39 is 36.8 Å². The van der Waals surface area contributed by atoms with Crippen LogP contribution in [-0.2, 0) is 26.4 Å². The summed E-state index contributed by atoms with van der Waals surface area (Å²) in [6.45, 7) is 0.519. The Balaban J connectivity index is 1.49. The van der Waals surface area contributed by atoms with Crippen molar-refractivity contribution < 1.29 is 39.4 Å². The Morgan fingerprint density at radius 3 is 2.41 bits per heavy atom. The zero-order valence-electron chi connectivity index (χ0n) is 19.0. The number of ether oxygens (including phenoxy) is 4. The van der Waals surface area contributed by atoms with Crippen molar-refractivity contribution in [2.24, 2.45) is 0 Å². The van der Waals surface area contributed by atoms with Crippen LogP contribution in [0.1, 0.15) is 29.5 Å². The van der Waals surface area contributed by atoms with Crippen molar-refractivity contribution in [1.82, 2.24) is 0 Å². The molecule has 2 aromatic rings. The molecule has 2 fully saturated rings. The van der Waals surface area contributed by atoms with Gasteiger partial charge in [0.2, 0.25) is 5.79 Å². The Morgan fingerprint density at radius 2 is 1.76 bits per heavy atom. The predicted molar refractivity (Wildman–Crippen MR) is 124 cm³/mol. The van der Waals surface area contributed by atoms with Crippen LogP contribution >= 0.6 is 11.6 Å². The first-order valence-electron chi connectivity index (χ1n) is 11.4. The fraction of sp³-hybridized carbons (Fsp3) is 0.520. The third-order valence-corrected chi connectivity index (χ3v) is 6.62. The van der Waals surface area contributed by atoms with Gasteiger partial charge in [-0.2, -0.15) is 0 Å². The van der Waals surface area contributed by atoms with Crippen LogP contribution in [0.4, 0.5) is 0 Å². The van der Waals surface area contributed by atoms with Gasteiger partial charge in [0.25, 0.3) is 0 Å². The van der Waals surface area contributed by atoms with Crippen LogP contribution in [0.5, 0.6) is 5.75 Å². The second kappa shape index (κ2) is 10.9. The molecule has 0 aromatic heterocycles. The summed E-state index contributed by atoms with van der Waals surface area (Å²) in [5.41, 5.74) is 2.14. The molecule has 1 saturated heterocycles. The first-order valence-corrected chi connectivity index (χ1v) is 11.8. The van der Waals surface area contributed by atoms with Crippen molar-refractivity contribution in [2.45, 2.75) is 55.6 Å². The molecular formula is C25H31ClO8. The van der Waals surface area contributed by atoms with E-state index in [4.69, 9.17) is 30.5 Å². The summed E-state index contributed by atoms with van der Waals surface area (Å²) in [5, 5.41) is 41.3. The van der Waals surface area contributed by atoms with Crippen molar-refractivity contribution >= 4 is 11.6 Å². The molecule has 9 heteroatoms. The lowest BCUT2D eigenvalue weighted by Crippen LogP contribution is -2.64. The molecule has 34 heavy (non-hydrogen) atoms. The normalized spacial score (nSPS) is 29.2. The molecule has 4 rings (SSSR count). The molecule has 1 unspecified atom stereocenters. The highest BCUT2D eigenvalue weighted by Crippen LogP contribution is 2.40. The average molecular weight is 495 g/mol. The van der Waals surface area contributed by atoms with Gasteiger partial charge < -0.3 is 39.4 Å². The molecule has 0 bridgehead atoms. The molecule has 0 spiro atoms. The van der Waals surface area contributed by atoms with Crippen molar-refractivity contribution in [3.05, 3.63) is 64.2 Å². The maximum atomic E-state index is 10.7. The van der Waals surface area contributed by atoms with E-state index in [9.17, 15) is 20.4 Å². The van der Waals surface area contributed by atoms with Crippen LogP contribution in [-0.4, -0.2) is 77.9 Å². The third-order valence-electron chi connectivity index (χ3n) is 6.25. The third kappa shape index (κ3) is 5.40. The number of rotatable bonds is 10. The van der Waals surface area contributed by atoms with Crippen molar-refractivity contribution in [3.8, 4) is 5.75 Å². The minimum absolute atomic E-state index is 0.405. The van der Waals surface area contributed by atoms with Gasteiger partial charge in [0.15, 0.2) is 0 Å². The van der Waals surface area contributed by atoms with Gasteiger partial charge in [-0.3, -0.25) is 0 Å². The molecule has 1 heterocycles. The van der Waals surface area contributed by atoms with Gasteiger partial charge in [-0.05, 0) is 54.7 Å². The second-order valence-electron chi connectivity index (χ2n) is 8.68. The maximum Gasteiger partial charge on any atom is 0.224 e. The van der Waals surface area contributed by atoms with Crippen LogP contribution in [0, 0.1) is 0 Å². The second-order valence-corrected chi connectivity index (χ2v) is 9.09. The van der Waals surface area contributed by atoms with Gasteiger partial charge in [-0.15, -0.1) is 0 Å². The van der Waals surface area contributed by atoms with Crippen molar-refractivity contribution in [3.63, 3.8) is 0 Å². The molecular weight excluding hydrogens is 464 g/mol. The number of halogens is 1. The van der Waals surface area contributed by atoms with Crippen LogP contribution in [0.2, 0.25) is 5.02 Å². The Kier molecular flexibility index (Phi) is 8.12. The number of aliphatic hydroxyl groups is 4. The number of methoxy groups -OCH3 is 1. The highest BCUT2D eigenvalue weighted by atomic mass is 35.5. The molecule has 1 aliphatic carbocycles. The molecule has 186 valence electrons. The van der Waals surface area contributed by atoms with Gasteiger partial charge in [0, 0.05) is 17.7 Å². The summed E-state index contributed by atoms with van der Waals surface area (Å²) in [7, 11) is 1.32. The highest BCUT2D eigenvalue weighted by molar-refractivity contribution is 6.31. The highest BCUT2D eigenvalue weighted by Gasteiger charge is 2.55. The summed E-state index contributed by atoms with van der Waals surface area (Å²) in [4.78, 5) is 0. The lowest BCUT2D eigenvalue weighted by atomic mass is 9.87. The van der Waals surface area contributed by atoms with Gasteiger partial charge >= 0.3 is 0 Å². The molecule has 1 saturated carbocycles. The minimum atomic E-state index is -1.79. The molecule has 2 aliphatic rings. The van der Waals surface area contributed by atoms with Crippen LogP contribution < -0.4 is 4.74 Å². The monoisotopic (exact) mass is 494 g/mol. The van der Waals surface area contributed by atoms with E-state index in [1.54, 1.807) is 18.2 Å². The lowest BCUT2D eigenvalue weighted by Gasteiger charge is -2.47. The fourth-order valence-corrected chi connectivity index (χ4v) is 4.31. The summed E-state index contributed by atoms with van der Waals surface area (Å²) < 4.78 is 22.6. The van der Waals surface area contributed by atoms with Crippen LogP contribution in [0.15, 0.2) is 42.5 Å². The summed E-state index contributed by atoms with van der Waals surface area (Å²) in [5.74, 6) is -1.03. The standard InChI is InChI=1S/C25H31ClO8/c1-31-25(24(30)23(29)22(28)21(14-27)34-25)17-4-9-20(26)16(13-17)12-15-2-5-18(6-3-15)32-10-11-33-19-7-8-19/h2-6,9,13,19,21-24,27-30H,7-8,10-12,14H2,1H3/t21-,22-,23?,24-,25+/m1/s1. The fourth-order valence-electron chi connectivity index (χ4n) is 4.13. The SMILES string of the molecule is CO[C@@]1(c2ccc(Cl)c(Cc3ccc(OCCOC4CC4)cc3)c2)O[C@H](CO)[C@@H](O)C(O)[C@H]1O. The number of hydrogen-bond donors (Lipinski definition) is 4. The Hall–Kier alpha value is -1.75. The molecule has 1 aliphatic heterocycles. The Morgan fingerprint density at radius 1 is 1.03 bits per heavy atom. The molecule has 2 aromatic carbocycles. The largest absolute Gasteiger partial charge is 0.491 e.